The molecule has 0 saturated carbocycles. The number of carbonyl (C=O) groups excluding carboxylic acids is 2. The number of nitrogens with one attached hydrogen (secondary N) is 1. The Balaban J connectivity index is 2.23. The van der Waals surface area contributed by atoms with E-state index in [2.05, 4.69) is 5.32 Å². The number of carbonyl (C=O) groups is 2. The summed E-state index contributed by atoms with van der Waals surface area (Å²) >= 11 is 0. The smallest absolute Gasteiger partial charge is 0.239 e. The first kappa shape index (κ1) is 15.9. The lowest BCUT2D eigenvalue weighted by Crippen LogP contribution is -2.54. The van der Waals surface area contributed by atoms with Gasteiger partial charge in [0.1, 0.15) is 0 Å². The lowest BCUT2D eigenvalue weighted by molar-refractivity contribution is -0.134. The summed E-state index contributed by atoms with van der Waals surface area (Å²) in [5, 5.41) is 2.78. The van der Waals surface area contributed by atoms with E-state index in [0.29, 0.717) is 45.9 Å². The summed E-state index contributed by atoms with van der Waals surface area (Å²) in [6.45, 7) is 5.77. The SMILES string of the molecule is COCCNC(=O)CN1CCN(C(=O)C(C)N)CC1. The van der Waals surface area contributed by atoms with E-state index in [1.165, 1.54) is 0 Å². The van der Waals surface area contributed by atoms with E-state index in [9.17, 15) is 9.59 Å². The molecule has 0 radical (unpaired) electrons. The Hall–Kier alpha value is -1.18. The fourth-order valence-corrected chi connectivity index (χ4v) is 1.97. The molecular formula is C12H24N4O3. The van der Waals surface area contributed by atoms with Gasteiger partial charge in [-0.1, -0.05) is 0 Å². The van der Waals surface area contributed by atoms with Gasteiger partial charge in [-0.3, -0.25) is 14.5 Å². The first-order valence-corrected chi connectivity index (χ1v) is 6.57. The molecule has 1 heterocycles. The van der Waals surface area contributed by atoms with Gasteiger partial charge in [0.05, 0.1) is 19.2 Å². The van der Waals surface area contributed by atoms with Crippen LogP contribution in [0.3, 0.4) is 0 Å². The fraction of sp³-hybridized carbons (Fsp3) is 0.833. The van der Waals surface area contributed by atoms with Crippen molar-refractivity contribution in [3.05, 3.63) is 0 Å². The van der Waals surface area contributed by atoms with E-state index in [1.807, 2.05) is 4.90 Å². The van der Waals surface area contributed by atoms with Crippen molar-refractivity contribution in [3.63, 3.8) is 0 Å². The summed E-state index contributed by atoms with van der Waals surface area (Å²) in [6.07, 6.45) is 0. The summed E-state index contributed by atoms with van der Waals surface area (Å²) in [5.41, 5.74) is 5.57. The van der Waals surface area contributed by atoms with Crippen molar-refractivity contribution in [3.8, 4) is 0 Å². The minimum absolute atomic E-state index is 0.0102. The van der Waals surface area contributed by atoms with E-state index in [-0.39, 0.29) is 11.8 Å². The fourth-order valence-electron chi connectivity index (χ4n) is 1.97. The van der Waals surface area contributed by atoms with Crippen molar-refractivity contribution in [1.29, 1.82) is 0 Å². The van der Waals surface area contributed by atoms with Crippen molar-refractivity contribution in [2.75, 3.05) is 53.0 Å². The minimum atomic E-state index is -0.455. The van der Waals surface area contributed by atoms with Crippen molar-refractivity contribution < 1.29 is 14.3 Å². The molecule has 0 aromatic carbocycles. The second-order valence-electron chi connectivity index (χ2n) is 4.73. The molecule has 1 unspecified atom stereocenters. The highest BCUT2D eigenvalue weighted by Gasteiger charge is 2.23. The monoisotopic (exact) mass is 272 g/mol. The number of piperazine rings is 1. The zero-order chi connectivity index (χ0) is 14.3. The van der Waals surface area contributed by atoms with Gasteiger partial charge >= 0.3 is 0 Å². The van der Waals surface area contributed by atoms with Crippen LogP contribution in [0.5, 0.6) is 0 Å². The minimum Gasteiger partial charge on any atom is -0.383 e. The molecule has 1 aliphatic heterocycles. The number of hydrogen-bond acceptors (Lipinski definition) is 5. The molecule has 0 bridgehead atoms. The quantitative estimate of drug-likeness (QED) is 0.559. The number of methoxy groups -OCH3 is 1. The second kappa shape index (κ2) is 8.08. The Morgan fingerprint density at radius 1 is 1.32 bits per heavy atom. The summed E-state index contributed by atoms with van der Waals surface area (Å²) in [4.78, 5) is 27.1. The molecule has 0 aromatic rings. The van der Waals surface area contributed by atoms with Crippen molar-refractivity contribution in [2.24, 2.45) is 5.73 Å². The van der Waals surface area contributed by atoms with Crippen molar-refractivity contribution in [1.82, 2.24) is 15.1 Å². The molecule has 0 aromatic heterocycles. The van der Waals surface area contributed by atoms with Crippen LogP contribution in [0.1, 0.15) is 6.92 Å². The van der Waals surface area contributed by atoms with Gasteiger partial charge in [0.2, 0.25) is 11.8 Å². The van der Waals surface area contributed by atoms with E-state index in [4.69, 9.17) is 10.5 Å². The summed E-state index contributed by atoms with van der Waals surface area (Å²) in [7, 11) is 1.60. The second-order valence-corrected chi connectivity index (χ2v) is 4.73. The average molecular weight is 272 g/mol. The number of nitrogens with zero attached hydrogens (tertiary/aromatic N) is 2. The van der Waals surface area contributed by atoms with Gasteiger partial charge in [-0.2, -0.15) is 0 Å². The molecular weight excluding hydrogens is 248 g/mol. The third-order valence-electron chi connectivity index (χ3n) is 3.07. The molecule has 1 saturated heterocycles. The molecule has 2 amide bonds. The van der Waals surface area contributed by atoms with Gasteiger partial charge in [-0.15, -0.1) is 0 Å². The Labute approximate surface area is 114 Å². The largest absolute Gasteiger partial charge is 0.383 e. The molecule has 1 fully saturated rings. The number of hydrogen-bond donors (Lipinski definition) is 2. The molecule has 7 heteroatoms. The van der Waals surface area contributed by atoms with Crippen LogP contribution in [0.4, 0.5) is 0 Å². The highest BCUT2D eigenvalue weighted by Crippen LogP contribution is 2.03. The number of rotatable bonds is 6. The Morgan fingerprint density at radius 2 is 1.95 bits per heavy atom. The average Bonchev–Trinajstić information content (AvgIpc) is 2.39. The first-order chi connectivity index (χ1) is 9.04. The standard InChI is InChI=1S/C12H24N4O3/c1-10(13)12(18)16-6-4-15(5-7-16)9-11(17)14-3-8-19-2/h10H,3-9,13H2,1-2H3,(H,14,17). The van der Waals surface area contributed by atoms with Crippen LogP contribution in [0, 0.1) is 0 Å². The van der Waals surface area contributed by atoms with E-state index in [1.54, 1.807) is 18.9 Å². The molecule has 3 N–H and O–H groups in total. The topological polar surface area (TPSA) is 87.9 Å². The van der Waals surface area contributed by atoms with Crippen LogP contribution in [0.25, 0.3) is 0 Å². The molecule has 110 valence electrons. The van der Waals surface area contributed by atoms with Gasteiger partial charge < -0.3 is 20.7 Å². The zero-order valence-corrected chi connectivity index (χ0v) is 11.7. The van der Waals surface area contributed by atoms with Crippen molar-refractivity contribution in [2.45, 2.75) is 13.0 Å². The third-order valence-corrected chi connectivity index (χ3v) is 3.07. The summed E-state index contributed by atoms with van der Waals surface area (Å²) in [5.74, 6) is -0.0341. The van der Waals surface area contributed by atoms with Crippen LogP contribution in [-0.2, 0) is 14.3 Å². The maximum absolute atomic E-state index is 11.7. The van der Waals surface area contributed by atoms with Crippen LogP contribution >= 0.6 is 0 Å². The number of ether oxygens (including phenoxy) is 1. The van der Waals surface area contributed by atoms with Gasteiger partial charge in [0, 0.05) is 39.8 Å². The van der Waals surface area contributed by atoms with Gasteiger partial charge in [0.25, 0.3) is 0 Å². The molecule has 0 spiro atoms. The molecule has 7 nitrogen and oxygen atoms in total. The Morgan fingerprint density at radius 3 is 2.47 bits per heavy atom. The molecule has 1 atom stereocenters. The normalized spacial score (nSPS) is 18.2. The maximum Gasteiger partial charge on any atom is 0.239 e. The highest BCUT2D eigenvalue weighted by molar-refractivity contribution is 5.81. The van der Waals surface area contributed by atoms with Crippen LogP contribution < -0.4 is 11.1 Å². The predicted molar refractivity (Wildman–Crippen MR) is 71.6 cm³/mol. The molecule has 19 heavy (non-hydrogen) atoms. The van der Waals surface area contributed by atoms with Gasteiger partial charge in [-0.25, -0.2) is 0 Å². The first-order valence-electron chi connectivity index (χ1n) is 6.57. The zero-order valence-electron chi connectivity index (χ0n) is 11.7. The van der Waals surface area contributed by atoms with Crippen LogP contribution in [0.15, 0.2) is 0 Å². The Bertz CT molecular complexity index is 301. The molecule has 1 rings (SSSR count). The summed E-state index contributed by atoms with van der Waals surface area (Å²) < 4.78 is 4.86. The van der Waals surface area contributed by atoms with E-state index < -0.39 is 6.04 Å². The van der Waals surface area contributed by atoms with Gasteiger partial charge in [0.15, 0.2) is 0 Å². The summed E-state index contributed by atoms with van der Waals surface area (Å²) in [6, 6.07) is -0.455. The Kier molecular flexibility index (Phi) is 6.75. The lowest BCUT2D eigenvalue weighted by Gasteiger charge is -2.35. The number of amides is 2. The molecule has 1 aliphatic rings. The van der Waals surface area contributed by atoms with Crippen LogP contribution in [-0.4, -0.2) is 80.6 Å². The van der Waals surface area contributed by atoms with E-state index >= 15 is 0 Å². The molecule has 0 aliphatic carbocycles. The van der Waals surface area contributed by atoms with Crippen molar-refractivity contribution >= 4 is 11.8 Å². The van der Waals surface area contributed by atoms with E-state index in [0.717, 1.165) is 0 Å². The maximum atomic E-state index is 11.7. The lowest BCUT2D eigenvalue weighted by atomic mass is 10.2. The third kappa shape index (κ3) is 5.54. The van der Waals surface area contributed by atoms with Gasteiger partial charge in [-0.05, 0) is 6.92 Å². The van der Waals surface area contributed by atoms with Crippen LogP contribution in [0.2, 0.25) is 0 Å². The highest BCUT2D eigenvalue weighted by atomic mass is 16.5. The number of nitrogens with two attached hydrogens (primary N) is 1. The predicted octanol–water partition coefficient (Wildman–Crippen LogP) is -1.76.